The van der Waals surface area contributed by atoms with E-state index in [-0.39, 0.29) is 11.4 Å². The van der Waals surface area contributed by atoms with Crippen LogP contribution in [0.15, 0.2) is 66.9 Å². The largest absolute Gasteiger partial charge is 0.342 e. The lowest BCUT2D eigenvalue weighted by Crippen LogP contribution is -2.19. The molecule has 0 saturated carbocycles. The van der Waals surface area contributed by atoms with Crippen LogP contribution in [0.1, 0.15) is 17.4 Å². The molecule has 3 aromatic rings. The molecule has 1 N–H and O–H groups in total. The highest BCUT2D eigenvalue weighted by atomic mass is 19.1. The summed E-state index contributed by atoms with van der Waals surface area (Å²) in [5.41, 5.74) is 1.81. The van der Waals surface area contributed by atoms with Crippen LogP contribution in [0.3, 0.4) is 0 Å². The number of halogens is 2. The first-order valence-electron chi connectivity index (χ1n) is 8.13. The van der Waals surface area contributed by atoms with Gasteiger partial charge in [-0.3, -0.25) is 9.78 Å². The molecule has 1 aromatic heterocycles. The Balaban J connectivity index is 1.85. The van der Waals surface area contributed by atoms with Crippen molar-refractivity contribution >= 4 is 23.0 Å². The van der Waals surface area contributed by atoms with Gasteiger partial charge in [0.05, 0.1) is 5.69 Å². The Hall–Kier alpha value is -3.28. The third-order valence-electron chi connectivity index (χ3n) is 3.85. The molecule has 26 heavy (non-hydrogen) atoms. The summed E-state index contributed by atoms with van der Waals surface area (Å²) in [6.07, 6.45) is 1.52. The molecule has 132 valence electrons. The maximum Gasteiger partial charge on any atom is 0.274 e. The normalized spacial score (nSPS) is 10.4. The van der Waals surface area contributed by atoms with Crippen molar-refractivity contribution < 1.29 is 13.6 Å². The van der Waals surface area contributed by atoms with E-state index in [9.17, 15) is 13.6 Å². The molecule has 0 bridgehead atoms. The second-order valence-electron chi connectivity index (χ2n) is 5.56. The summed E-state index contributed by atoms with van der Waals surface area (Å²) in [6, 6.07) is 16.1. The molecule has 0 fully saturated rings. The number of nitrogens with zero attached hydrogens (tertiary/aromatic N) is 2. The summed E-state index contributed by atoms with van der Waals surface area (Å²) >= 11 is 0. The summed E-state index contributed by atoms with van der Waals surface area (Å²) in [4.78, 5) is 18.5. The Kier molecular flexibility index (Phi) is 5.22. The van der Waals surface area contributed by atoms with Crippen LogP contribution in [0.25, 0.3) is 0 Å². The van der Waals surface area contributed by atoms with Gasteiger partial charge in [-0.2, -0.15) is 0 Å². The summed E-state index contributed by atoms with van der Waals surface area (Å²) in [7, 11) is 0. The Labute approximate surface area is 150 Å². The van der Waals surface area contributed by atoms with E-state index in [1.54, 1.807) is 12.1 Å². The minimum Gasteiger partial charge on any atom is -0.342 e. The first kappa shape index (κ1) is 17.5. The van der Waals surface area contributed by atoms with Gasteiger partial charge in [0.15, 0.2) is 0 Å². The number of carbonyl (C=O) groups excluding carboxylic acids is 1. The topological polar surface area (TPSA) is 45.2 Å². The third kappa shape index (κ3) is 3.85. The number of aromatic nitrogens is 1. The van der Waals surface area contributed by atoms with E-state index < -0.39 is 17.5 Å². The molecule has 2 aromatic carbocycles. The van der Waals surface area contributed by atoms with E-state index >= 15 is 0 Å². The standard InChI is InChI=1S/C20H17F2N3O/c1-2-25(15-6-4-3-5-7-15)16-10-11-23-19(13-16)20(26)24-18-9-8-14(21)12-17(18)22/h3-13H,2H2,1H3,(H,24,26). The maximum absolute atomic E-state index is 13.7. The van der Waals surface area contributed by atoms with Crippen molar-refractivity contribution in [3.63, 3.8) is 0 Å². The second-order valence-corrected chi connectivity index (χ2v) is 5.56. The van der Waals surface area contributed by atoms with Gasteiger partial charge in [0.25, 0.3) is 5.91 Å². The molecule has 1 heterocycles. The lowest BCUT2D eigenvalue weighted by molar-refractivity contribution is 0.102. The highest BCUT2D eigenvalue weighted by molar-refractivity contribution is 6.03. The predicted octanol–water partition coefficient (Wildman–Crippen LogP) is 4.77. The number of anilines is 3. The molecule has 0 spiro atoms. The van der Waals surface area contributed by atoms with E-state index in [1.807, 2.05) is 42.2 Å². The monoisotopic (exact) mass is 353 g/mol. The third-order valence-corrected chi connectivity index (χ3v) is 3.85. The van der Waals surface area contributed by atoms with Gasteiger partial charge < -0.3 is 10.2 Å². The molecule has 0 aliphatic rings. The maximum atomic E-state index is 13.7. The van der Waals surface area contributed by atoms with Crippen LogP contribution in [-0.4, -0.2) is 17.4 Å². The Morgan fingerprint density at radius 3 is 2.50 bits per heavy atom. The van der Waals surface area contributed by atoms with Gasteiger partial charge in [0.2, 0.25) is 0 Å². The number of amides is 1. The Morgan fingerprint density at radius 1 is 1.04 bits per heavy atom. The molecular formula is C20H17F2N3O. The number of hydrogen-bond acceptors (Lipinski definition) is 3. The summed E-state index contributed by atoms with van der Waals surface area (Å²) < 4.78 is 26.7. The van der Waals surface area contributed by atoms with Gasteiger partial charge in [-0.1, -0.05) is 18.2 Å². The van der Waals surface area contributed by atoms with Crippen LogP contribution in [0, 0.1) is 11.6 Å². The first-order chi connectivity index (χ1) is 12.6. The zero-order valence-corrected chi connectivity index (χ0v) is 14.1. The molecule has 0 atom stereocenters. The fraction of sp³-hybridized carbons (Fsp3) is 0.100. The van der Waals surface area contributed by atoms with Crippen LogP contribution in [0.2, 0.25) is 0 Å². The van der Waals surface area contributed by atoms with Crippen molar-refractivity contribution in [2.24, 2.45) is 0 Å². The molecule has 4 nitrogen and oxygen atoms in total. The summed E-state index contributed by atoms with van der Waals surface area (Å²) in [5, 5.41) is 2.42. The van der Waals surface area contributed by atoms with Crippen LogP contribution in [0.5, 0.6) is 0 Å². The number of carbonyl (C=O) groups is 1. The molecule has 1 amide bonds. The fourth-order valence-corrected chi connectivity index (χ4v) is 2.61. The SMILES string of the molecule is CCN(c1ccccc1)c1ccnc(C(=O)Nc2ccc(F)cc2F)c1. The Bertz CT molecular complexity index is 916. The molecule has 0 saturated heterocycles. The highest BCUT2D eigenvalue weighted by Crippen LogP contribution is 2.25. The zero-order chi connectivity index (χ0) is 18.5. The molecular weight excluding hydrogens is 336 g/mol. The van der Waals surface area contributed by atoms with Crippen LogP contribution in [-0.2, 0) is 0 Å². The first-order valence-corrected chi connectivity index (χ1v) is 8.13. The quantitative estimate of drug-likeness (QED) is 0.719. The number of benzene rings is 2. The lowest BCUT2D eigenvalue weighted by atomic mass is 10.2. The van der Waals surface area contributed by atoms with Crippen molar-refractivity contribution in [3.05, 3.63) is 84.2 Å². The fourth-order valence-electron chi connectivity index (χ4n) is 2.61. The number of pyridine rings is 1. The molecule has 0 aliphatic carbocycles. The number of rotatable bonds is 5. The van der Waals surface area contributed by atoms with E-state index in [0.717, 1.165) is 17.4 Å². The van der Waals surface area contributed by atoms with Gasteiger partial charge in [-0.05, 0) is 43.3 Å². The van der Waals surface area contributed by atoms with Crippen LogP contribution in [0.4, 0.5) is 25.8 Å². The van der Waals surface area contributed by atoms with E-state index in [1.165, 1.54) is 12.3 Å². The molecule has 0 unspecified atom stereocenters. The molecule has 0 aliphatic heterocycles. The highest BCUT2D eigenvalue weighted by Gasteiger charge is 2.14. The van der Waals surface area contributed by atoms with Gasteiger partial charge in [0.1, 0.15) is 17.3 Å². The zero-order valence-electron chi connectivity index (χ0n) is 14.1. The van der Waals surface area contributed by atoms with E-state index in [2.05, 4.69) is 10.3 Å². The van der Waals surface area contributed by atoms with Gasteiger partial charge >= 0.3 is 0 Å². The van der Waals surface area contributed by atoms with Gasteiger partial charge in [-0.15, -0.1) is 0 Å². The summed E-state index contributed by atoms with van der Waals surface area (Å²) in [6.45, 7) is 2.70. The van der Waals surface area contributed by atoms with E-state index in [0.29, 0.717) is 12.6 Å². The number of para-hydroxylation sites is 1. The summed E-state index contributed by atoms with van der Waals surface area (Å²) in [5.74, 6) is -2.11. The lowest BCUT2D eigenvalue weighted by Gasteiger charge is -2.23. The predicted molar refractivity (Wildman–Crippen MR) is 97.7 cm³/mol. The minimum absolute atomic E-state index is 0.0981. The Morgan fingerprint density at radius 2 is 1.81 bits per heavy atom. The van der Waals surface area contributed by atoms with Crippen molar-refractivity contribution in [2.75, 3.05) is 16.8 Å². The van der Waals surface area contributed by atoms with Crippen LogP contribution < -0.4 is 10.2 Å². The average Bonchev–Trinajstić information content (AvgIpc) is 2.66. The van der Waals surface area contributed by atoms with Crippen molar-refractivity contribution in [2.45, 2.75) is 6.92 Å². The smallest absolute Gasteiger partial charge is 0.274 e. The molecule has 3 rings (SSSR count). The van der Waals surface area contributed by atoms with Crippen molar-refractivity contribution in [3.8, 4) is 0 Å². The van der Waals surface area contributed by atoms with Crippen LogP contribution >= 0.6 is 0 Å². The van der Waals surface area contributed by atoms with Crippen molar-refractivity contribution in [1.29, 1.82) is 0 Å². The van der Waals surface area contributed by atoms with Crippen molar-refractivity contribution in [1.82, 2.24) is 4.98 Å². The van der Waals surface area contributed by atoms with Gasteiger partial charge in [0, 0.05) is 30.2 Å². The van der Waals surface area contributed by atoms with E-state index in [4.69, 9.17) is 0 Å². The molecule has 6 heteroatoms. The molecule has 0 radical (unpaired) electrons. The minimum atomic E-state index is -0.839. The number of nitrogens with one attached hydrogen (secondary N) is 1. The number of hydrogen-bond donors (Lipinski definition) is 1. The second kappa shape index (κ2) is 7.74. The van der Waals surface area contributed by atoms with Gasteiger partial charge in [-0.25, -0.2) is 8.78 Å². The average molecular weight is 353 g/mol.